The molecule has 0 radical (unpaired) electrons. The van der Waals surface area contributed by atoms with Gasteiger partial charge in [-0.25, -0.2) is 4.39 Å². The summed E-state index contributed by atoms with van der Waals surface area (Å²) in [5.41, 5.74) is 0.824. The largest absolute Gasteiger partial charge is 0.392 e. The van der Waals surface area contributed by atoms with Crippen molar-refractivity contribution >= 4 is 15.9 Å². The molecule has 0 saturated carbocycles. The molecule has 1 aromatic rings. The van der Waals surface area contributed by atoms with Crippen molar-refractivity contribution < 1.29 is 14.2 Å². The minimum atomic E-state index is -0.446. The van der Waals surface area contributed by atoms with Crippen LogP contribution in [-0.2, 0) is 11.2 Å². The van der Waals surface area contributed by atoms with Crippen LogP contribution in [0.2, 0.25) is 0 Å². The fraction of sp³-hybridized carbons (Fsp3) is 0.571. The summed E-state index contributed by atoms with van der Waals surface area (Å²) in [7, 11) is 0. The summed E-state index contributed by atoms with van der Waals surface area (Å²) in [6.07, 6.45) is 3.70. The average Bonchev–Trinajstić information content (AvgIpc) is 2.96. The van der Waals surface area contributed by atoms with Crippen molar-refractivity contribution in [2.45, 2.75) is 44.0 Å². The van der Waals surface area contributed by atoms with Gasteiger partial charge in [-0.15, -0.1) is 0 Å². The van der Waals surface area contributed by atoms with Crippen LogP contribution in [0.4, 0.5) is 4.39 Å². The molecule has 4 atom stereocenters. The zero-order chi connectivity index (χ0) is 12.7. The first kappa shape index (κ1) is 12.6. The Kier molecular flexibility index (Phi) is 3.43. The van der Waals surface area contributed by atoms with E-state index in [1.165, 1.54) is 12.1 Å². The van der Waals surface area contributed by atoms with E-state index in [1.807, 2.05) is 0 Å². The standard InChI is InChI=1S/C14H16BrFO2/c15-12-3-1-9(16)5-8(12)6-13(17)11-7-10-2-4-14(11)18-10/h1,3,5,10-11,13-14,17H,2,4,6-7H2. The Morgan fingerprint density at radius 2 is 2.28 bits per heavy atom. The Morgan fingerprint density at radius 3 is 2.94 bits per heavy atom. The lowest BCUT2D eigenvalue weighted by Crippen LogP contribution is -2.31. The van der Waals surface area contributed by atoms with Crippen molar-refractivity contribution in [3.05, 3.63) is 34.1 Å². The van der Waals surface area contributed by atoms with Crippen molar-refractivity contribution in [1.82, 2.24) is 0 Å². The van der Waals surface area contributed by atoms with Crippen molar-refractivity contribution in [2.24, 2.45) is 5.92 Å². The quantitative estimate of drug-likeness (QED) is 0.929. The van der Waals surface area contributed by atoms with Gasteiger partial charge in [0.2, 0.25) is 0 Å². The molecule has 2 fully saturated rings. The topological polar surface area (TPSA) is 29.5 Å². The van der Waals surface area contributed by atoms with E-state index < -0.39 is 6.10 Å². The fourth-order valence-electron chi connectivity index (χ4n) is 3.16. The molecule has 2 saturated heterocycles. The Bertz CT molecular complexity index is 451. The lowest BCUT2D eigenvalue weighted by molar-refractivity contribution is 0.0431. The van der Waals surface area contributed by atoms with Gasteiger partial charge in [0, 0.05) is 10.4 Å². The van der Waals surface area contributed by atoms with Crippen LogP contribution in [0.5, 0.6) is 0 Å². The van der Waals surface area contributed by atoms with Crippen LogP contribution in [0.15, 0.2) is 22.7 Å². The van der Waals surface area contributed by atoms with Crippen LogP contribution in [0.1, 0.15) is 24.8 Å². The number of rotatable bonds is 3. The van der Waals surface area contributed by atoms with E-state index in [1.54, 1.807) is 6.07 Å². The summed E-state index contributed by atoms with van der Waals surface area (Å²) in [4.78, 5) is 0. The number of ether oxygens (including phenoxy) is 1. The van der Waals surface area contributed by atoms with E-state index in [4.69, 9.17) is 4.74 Å². The molecule has 2 heterocycles. The van der Waals surface area contributed by atoms with Gasteiger partial charge in [0.1, 0.15) is 5.82 Å². The summed E-state index contributed by atoms with van der Waals surface area (Å²) in [5, 5.41) is 10.3. The average molecular weight is 315 g/mol. The number of hydrogen-bond acceptors (Lipinski definition) is 2. The first-order valence-corrected chi connectivity index (χ1v) is 7.20. The van der Waals surface area contributed by atoms with Gasteiger partial charge >= 0.3 is 0 Å². The minimum Gasteiger partial charge on any atom is -0.392 e. The van der Waals surface area contributed by atoms with E-state index in [9.17, 15) is 9.50 Å². The molecular weight excluding hydrogens is 299 g/mol. The molecule has 1 N–H and O–H groups in total. The third-order valence-electron chi connectivity index (χ3n) is 4.08. The van der Waals surface area contributed by atoms with E-state index in [0.717, 1.165) is 29.3 Å². The molecule has 98 valence electrons. The van der Waals surface area contributed by atoms with Crippen LogP contribution in [-0.4, -0.2) is 23.4 Å². The molecule has 18 heavy (non-hydrogen) atoms. The van der Waals surface area contributed by atoms with Crippen LogP contribution in [0.25, 0.3) is 0 Å². The smallest absolute Gasteiger partial charge is 0.123 e. The molecule has 0 aliphatic carbocycles. The minimum absolute atomic E-state index is 0.206. The van der Waals surface area contributed by atoms with Gasteiger partial charge < -0.3 is 9.84 Å². The number of halogens is 2. The van der Waals surface area contributed by atoms with E-state index in [0.29, 0.717) is 12.5 Å². The predicted molar refractivity (Wildman–Crippen MR) is 69.8 cm³/mol. The first-order valence-electron chi connectivity index (χ1n) is 6.41. The molecular formula is C14H16BrFO2. The van der Waals surface area contributed by atoms with E-state index in [-0.39, 0.29) is 17.8 Å². The van der Waals surface area contributed by atoms with E-state index >= 15 is 0 Å². The molecule has 2 aliphatic rings. The summed E-state index contributed by atoms with van der Waals surface area (Å²) in [6.45, 7) is 0. The second-order valence-electron chi connectivity index (χ2n) is 5.28. The SMILES string of the molecule is OC(Cc1cc(F)ccc1Br)C1CC2CCC1O2. The molecule has 4 heteroatoms. The second-order valence-corrected chi connectivity index (χ2v) is 6.13. The first-order chi connectivity index (χ1) is 8.63. The van der Waals surface area contributed by atoms with Crippen LogP contribution < -0.4 is 0 Å². The molecule has 3 rings (SSSR count). The van der Waals surface area contributed by atoms with Gasteiger partial charge in [-0.2, -0.15) is 0 Å². The van der Waals surface area contributed by atoms with Gasteiger partial charge in [-0.3, -0.25) is 0 Å². The van der Waals surface area contributed by atoms with Gasteiger partial charge in [0.05, 0.1) is 18.3 Å². The number of aliphatic hydroxyl groups is 1. The van der Waals surface area contributed by atoms with Crippen LogP contribution in [0.3, 0.4) is 0 Å². The highest BCUT2D eigenvalue weighted by Crippen LogP contribution is 2.41. The molecule has 2 bridgehead atoms. The Morgan fingerprint density at radius 1 is 1.44 bits per heavy atom. The molecule has 0 amide bonds. The maximum Gasteiger partial charge on any atom is 0.123 e. The highest BCUT2D eigenvalue weighted by Gasteiger charge is 2.43. The lowest BCUT2D eigenvalue weighted by Gasteiger charge is -2.24. The monoisotopic (exact) mass is 314 g/mol. The van der Waals surface area contributed by atoms with Crippen molar-refractivity contribution in [3.63, 3.8) is 0 Å². The zero-order valence-electron chi connectivity index (χ0n) is 9.98. The molecule has 0 aromatic heterocycles. The number of benzene rings is 1. The fourth-order valence-corrected chi connectivity index (χ4v) is 3.57. The molecule has 1 aromatic carbocycles. The Hall–Kier alpha value is -0.450. The normalized spacial score (nSPS) is 31.8. The predicted octanol–water partition coefficient (Wildman–Crippen LogP) is 3.06. The van der Waals surface area contributed by atoms with Crippen molar-refractivity contribution in [3.8, 4) is 0 Å². The van der Waals surface area contributed by atoms with E-state index in [2.05, 4.69) is 15.9 Å². The number of aliphatic hydroxyl groups excluding tert-OH is 1. The maximum absolute atomic E-state index is 13.2. The maximum atomic E-state index is 13.2. The Balaban J connectivity index is 1.70. The van der Waals surface area contributed by atoms with Crippen molar-refractivity contribution in [2.75, 3.05) is 0 Å². The summed E-state index contributed by atoms with van der Waals surface area (Å²) in [6, 6.07) is 4.59. The highest BCUT2D eigenvalue weighted by atomic mass is 79.9. The van der Waals surface area contributed by atoms with Crippen LogP contribution in [0, 0.1) is 11.7 Å². The molecule has 4 unspecified atom stereocenters. The molecule has 0 spiro atoms. The van der Waals surface area contributed by atoms with Gasteiger partial charge in [0.15, 0.2) is 0 Å². The lowest BCUT2D eigenvalue weighted by atomic mass is 9.83. The Labute approximate surface area is 114 Å². The zero-order valence-corrected chi connectivity index (χ0v) is 11.6. The third-order valence-corrected chi connectivity index (χ3v) is 4.86. The molecule has 2 nitrogen and oxygen atoms in total. The van der Waals surface area contributed by atoms with Gasteiger partial charge in [-0.05, 0) is 49.4 Å². The summed E-state index contributed by atoms with van der Waals surface area (Å²) in [5.74, 6) is -0.0523. The third kappa shape index (κ3) is 2.33. The summed E-state index contributed by atoms with van der Waals surface area (Å²) >= 11 is 3.40. The van der Waals surface area contributed by atoms with Gasteiger partial charge in [-0.1, -0.05) is 15.9 Å². The van der Waals surface area contributed by atoms with Gasteiger partial charge in [0.25, 0.3) is 0 Å². The highest BCUT2D eigenvalue weighted by molar-refractivity contribution is 9.10. The number of fused-ring (bicyclic) bond motifs is 2. The summed E-state index contributed by atoms with van der Waals surface area (Å²) < 4.78 is 19.8. The molecule has 2 aliphatic heterocycles. The second kappa shape index (κ2) is 4.91. The van der Waals surface area contributed by atoms with Crippen molar-refractivity contribution in [1.29, 1.82) is 0 Å². The number of hydrogen-bond donors (Lipinski definition) is 1. The van der Waals surface area contributed by atoms with Crippen LogP contribution >= 0.6 is 15.9 Å².